The topological polar surface area (TPSA) is 57.3 Å². The molecule has 1 heterocycles. The third kappa shape index (κ3) is 3.61. The molecule has 0 fully saturated rings. The van der Waals surface area contributed by atoms with Crippen LogP contribution in [0.25, 0.3) is 11.3 Å². The Balaban J connectivity index is 1.90. The second-order valence-corrected chi connectivity index (χ2v) is 7.64. The van der Waals surface area contributed by atoms with Crippen molar-refractivity contribution >= 4 is 17.0 Å². The summed E-state index contributed by atoms with van der Waals surface area (Å²) in [5, 5.41) is 7.11. The number of methoxy groups -OCH3 is 3. The Kier molecular flexibility index (Phi) is 5.90. The summed E-state index contributed by atoms with van der Waals surface area (Å²) in [6.07, 6.45) is 1.93. The molecule has 0 bridgehead atoms. The van der Waals surface area contributed by atoms with Gasteiger partial charge in [0.05, 0.1) is 32.7 Å². The quantitative estimate of drug-likeness (QED) is 0.592. The smallest absolute Gasteiger partial charge is 0.206 e. The molecular formula is C23H25N3O3S. The van der Waals surface area contributed by atoms with Gasteiger partial charge in [-0.15, -0.1) is 11.3 Å². The number of fused-ring (bicyclic) bond motifs is 1. The monoisotopic (exact) mass is 423 g/mol. The molecule has 0 radical (unpaired) electrons. The van der Waals surface area contributed by atoms with E-state index in [4.69, 9.17) is 19.3 Å². The van der Waals surface area contributed by atoms with Gasteiger partial charge in [-0.05, 0) is 37.5 Å². The standard InChI is InChI=1S/C23H25N3O3S/c1-5-24-23-26(25-18-11-10-15-8-6-7-9-17(15)18)19(14-30-23)16-12-20(27-2)22(29-4)21(13-16)28-3/h6-9,12-14H,5,10-11H2,1-4H3. The lowest BCUT2D eigenvalue weighted by Gasteiger charge is -2.14. The second-order valence-electron chi connectivity index (χ2n) is 6.81. The van der Waals surface area contributed by atoms with Gasteiger partial charge in [-0.1, -0.05) is 24.3 Å². The van der Waals surface area contributed by atoms with Crippen LogP contribution in [0.1, 0.15) is 24.5 Å². The molecule has 1 aliphatic carbocycles. The van der Waals surface area contributed by atoms with Gasteiger partial charge >= 0.3 is 0 Å². The molecule has 2 aromatic carbocycles. The Labute approximate surface area is 180 Å². The van der Waals surface area contributed by atoms with E-state index in [1.165, 1.54) is 11.1 Å². The van der Waals surface area contributed by atoms with Crippen LogP contribution in [0.4, 0.5) is 0 Å². The summed E-state index contributed by atoms with van der Waals surface area (Å²) in [6, 6.07) is 12.3. The molecule has 0 amide bonds. The zero-order valence-electron chi connectivity index (χ0n) is 17.6. The summed E-state index contributed by atoms with van der Waals surface area (Å²) < 4.78 is 18.5. The predicted octanol–water partition coefficient (Wildman–Crippen LogP) is 4.36. The SMILES string of the molecule is CCN=c1scc(-c2cc(OC)c(OC)c(OC)c2)n1N=C1CCc2ccccc21. The molecule has 4 rings (SSSR count). The van der Waals surface area contributed by atoms with Crippen LogP contribution in [-0.2, 0) is 6.42 Å². The van der Waals surface area contributed by atoms with Gasteiger partial charge in [-0.3, -0.25) is 4.99 Å². The van der Waals surface area contributed by atoms with Crippen LogP contribution in [0.5, 0.6) is 17.2 Å². The van der Waals surface area contributed by atoms with E-state index in [9.17, 15) is 0 Å². The van der Waals surface area contributed by atoms with E-state index in [0.717, 1.165) is 34.6 Å². The average molecular weight is 424 g/mol. The first-order valence-electron chi connectivity index (χ1n) is 9.87. The Hall–Kier alpha value is -3.06. The second kappa shape index (κ2) is 8.75. The van der Waals surface area contributed by atoms with Gasteiger partial charge in [0.1, 0.15) is 0 Å². The number of aryl methyl sites for hydroxylation is 1. The van der Waals surface area contributed by atoms with Crippen LogP contribution >= 0.6 is 11.3 Å². The summed E-state index contributed by atoms with van der Waals surface area (Å²) in [5.74, 6) is 1.79. The number of thiazole rings is 1. The molecule has 0 atom stereocenters. The highest BCUT2D eigenvalue weighted by atomic mass is 32.1. The summed E-state index contributed by atoms with van der Waals surface area (Å²) >= 11 is 1.57. The maximum Gasteiger partial charge on any atom is 0.206 e. The van der Waals surface area contributed by atoms with Crippen molar-refractivity contribution < 1.29 is 14.2 Å². The lowest BCUT2D eigenvalue weighted by molar-refractivity contribution is 0.324. The lowest BCUT2D eigenvalue weighted by Crippen LogP contribution is -2.14. The maximum atomic E-state index is 5.54. The molecule has 0 aliphatic heterocycles. The molecule has 156 valence electrons. The molecule has 1 aliphatic rings. The number of hydrogen-bond acceptors (Lipinski definition) is 6. The first kappa shape index (κ1) is 20.2. The molecule has 0 spiro atoms. The summed E-state index contributed by atoms with van der Waals surface area (Å²) in [6.45, 7) is 2.72. The van der Waals surface area contributed by atoms with Gasteiger partial charge in [0.25, 0.3) is 0 Å². The first-order valence-corrected chi connectivity index (χ1v) is 10.8. The zero-order valence-corrected chi connectivity index (χ0v) is 18.5. The van der Waals surface area contributed by atoms with E-state index < -0.39 is 0 Å². The number of nitrogens with zero attached hydrogens (tertiary/aromatic N) is 3. The molecule has 0 saturated carbocycles. The van der Waals surface area contributed by atoms with E-state index >= 15 is 0 Å². The van der Waals surface area contributed by atoms with E-state index in [1.807, 2.05) is 23.7 Å². The van der Waals surface area contributed by atoms with Crippen molar-refractivity contribution in [2.24, 2.45) is 10.1 Å². The molecular weight excluding hydrogens is 398 g/mol. The van der Waals surface area contributed by atoms with Crippen molar-refractivity contribution in [2.45, 2.75) is 19.8 Å². The van der Waals surface area contributed by atoms with Crippen molar-refractivity contribution in [1.29, 1.82) is 0 Å². The minimum Gasteiger partial charge on any atom is -0.493 e. The fourth-order valence-corrected chi connectivity index (χ4v) is 4.59. The Morgan fingerprint density at radius 1 is 1.00 bits per heavy atom. The Morgan fingerprint density at radius 2 is 1.73 bits per heavy atom. The fourth-order valence-electron chi connectivity index (χ4n) is 3.70. The van der Waals surface area contributed by atoms with Crippen molar-refractivity contribution in [2.75, 3.05) is 27.9 Å². The summed E-state index contributed by atoms with van der Waals surface area (Å²) in [5.41, 5.74) is 5.50. The molecule has 1 aromatic heterocycles. The first-order chi connectivity index (χ1) is 14.7. The van der Waals surface area contributed by atoms with E-state index in [1.54, 1.807) is 32.7 Å². The number of aromatic nitrogens is 1. The van der Waals surface area contributed by atoms with Crippen molar-refractivity contribution in [3.8, 4) is 28.5 Å². The third-order valence-corrected chi connectivity index (χ3v) is 5.97. The van der Waals surface area contributed by atoms with Crippen molar-refractivity contribution in [3.63, 3.8) is 0 Å². The minimum atomic E-state index is 0.569. The number of rotatable bonds is 6. The van der Waals surface area contributed by atoms with Gasteiger partial charge in [-0.2, -0.15) is 5.10 Å². The van der Waals surface area contributed by atoms with Crippen molar-refractivity contribution in [1.82, 2.24) is 4.68 Å². The fraction of sp³-hybridized carbons (Fsp3) is 0.304. The van der Waals surface area contributed by atoms with E-state index in [2.05, 4.69) is 34.6 Å². The van der Waals surface area contributed by atoms with Crippen LogP contribution in [0, 0.1) is 0 Å². The number of ether oxygens (including phenoxy) is 3. The zero-order chi connectivity index (χ0) is 21.1. The predicted molar refractivity (Wildman–Crippen MR) is 120 cm³/mol. The highest BCUT2D eigenvalue weighted by molar-refractivity contribution is 7.07. The van der Waals surface area contributed by atoms with Crippen LogP contribution < -0.4 is 19.0 Å². The number of hydrogen-bond donors (Lipinski definition) is 0. The van der Waals surface area contributed by atoms with Gasteiger partial charge < -0.3 is 14.2 Å². The molecule has 7 heteroatoms. The molecule has 0 N–H and O–H groups in total. The van der Waals surface area contributed by atoms with Gasteiger partial charge in [0.2, 0.25) is 10.6 Å². The van der Waals surface area contributed by atoms with Crippen LogP contribution in [0.3, 0.4) is 0 Å². The normalized spacial score (nSPS) is 14.8. The molecule has 6 nitrogen and oxygen atoms in total. The van der Waals surface area contributed by atoms with E-state index in [0.29, 0.717) is 23.8 Å². The molecule has 30 heavy (non-hydrogen) atoms. The third-order valence-electron chi connectivity index (χ3n) is 5.12. The highest BCUT2D eigenvalue weighted by Gasteiger charge is 2.20. The molecule has 0 saturated heterocycles. The molecule has 3 aromatic rings. The maximum absolute atomic E-state index is 5.54. The van der Waals surface area contributed by atoms with E-state index in [-0.39, 0.29) is 0 Å². The molecule has 0 unspecified atom stereocenters. The average Bonchev–Trinajstić information content (AvgIpc) is 3.37. The Morgan fingerprint density at radius 3 is 2.40 bits per heavy atom. The van der Waals surface area contributed by atoms with Gasteiger partial charge in [0, 0.05) is 23.1 Å². The van der Waals surface area contributed by atoms with Crippen molar-refractivity contribution in [3.05, 3.63) is 57.7 Å². The highest BCUT2D eigenvalue weighted by Crippen LogP contribution is 2.41. The van der Waals surface area contributed by atoms with Crippen LogP contribution in [0.15, 0.2) is 51.9 Å². The number of benzene rings is 2. The lowest BCUT2D eigenvalue weighted by atomic mass is 10.1. The largest absolute Gasteiger partial charge is 0.493 e. The van der Waals surface area contributed by atoms with Gasteiger partial charge in [-0.25, -0.2) is 4.68 Å². The minimum absolute atomic E-state index is 0.569. The van der Waals surface area contributed by atoms with Gasteiger partial charge in [0.15, 0.2) is 11.5 Å². The summed E-state index contributed by atoms with van der Waals surface area (Å²) in [4.78, 5) is 5.52. The van der Waals surface area contributed by atoms with Crippen LogP contribution in [-0.4, -0.2) is 38.3 Å². The summed E-state index contributed by atoms with van der Waals surface area (Å²) in [7, 11) is 4.85. The van der Waals surface area contributed by atoms with Crippen LogP contribution in [0.2, 0.25) is 0 Å². The Bertz CT molecular complexity index is 1140.